The number of nitrogens with one attached hydrogen (secondary N) is 1. The van der Waals surface area contributed by atoms with Gasteiger partial charge in [0, 0.05) is 19.2 Å². The molecular weight excluding hydrogens is 412 g/mol. The van der Waals surface area contributed by atoms with Gasteiger partial charge in [-0.05, 0) is 54.4 Å². The quantitative estimate of drug-likeness (QED) is 0.577. The maximum absolute atomic E-state index is 12.7. The molecule has 0 aliphatic heterocycles. The highest BCUT2D eigenvalue weighted by atomic mass is 32.2. The zero-order valence-corrected chi connectivity index (χ0v) is 18.6. The van der Waals surface area contributed by atoms with Crippen LogP contribution in [0.2, 0.25) is 0 Å². The molecule has 3 aromatic carbocycles. The van der Waals surface area contributed by atoms with Crippen molar-refractivity contribution in [2.45, 2.75) is 24.4 Å². The summed E-state index contributed by atoms with van der Waals surface area (Å²) in [4.78, 5) is 12.8. The van der Waals surface area contributed by atoms with Gasteiger partial charge in [0.2, 0.25) is 10.0 Å². The van der Waals surface area contributed by atoms with E-state index in [0.29, 0.717) is 5.56 Å². The molecule has 6 nitrogen and oxygen atoms in total. The Morgan fingerprint density at radius 3 is 2.16 bits per heavy atom. The molecule has 3 aromatic rings. The molecule has 0 radical (unpaired) electrons. The highest BCUT2D eigenvalue weighted by Crippen LogP contribution is 2.19. The summed E-state index contributed by atoms with van der Waals surface area (Å²) in [5.74, 6) is 0.567. The Hall–Kier alpha value is -3.16. The number of nitrogens with zero attached hydrogens (tertiary/aromatic N) is 1. The van der Waals surface area contributed by atoms with Gasteiger partial charge in [-0.2, -0.15) is 4.31 Å². The van der Waals surface area contributed by atoms with E-state index >= 15 is 0 Å². The zero-order chi connectivity index (χ0) is 22.4. The molecule has 1 atom stereocenters. The Morgan fingerprint density at radius 2 is 1.58 bits per heavy atom. The maximum atomic E-state index is 12.7. The minimum Gasteiger partial charge on any atom is -0.497 e. The van der Waals surface area contributed by atoms with Crippen LogP contribution in [0.5, 0.6) is 5.75 Å². The van der Waals surface area contributed by atoms with Crippen LogP contribution in [0.15, 0.2) is 83.8 Å². The van der Waals surface area contributed by atoms with Gasteiger partial charge in [0.25, 0.3) is 5.91 Å². The van der Waals surface area contributed by atoms with Gasteiger partial charge < -0.3 is 10.1 Å². The summed E-state index contributed by atoms with van der Waals surface area (Å²) < 4.78 is 31.8. The summed E-state index contributed by atoms with van der Waals surface area (Å²) in [6.07, 6.45) is 0. The predicted octanol–water partition coefficient (Wildman–Crippen LogP) is 4.01. The third kappa shape index (κ3) is 5.51. The number of sulfonamides is 1. The summed E-state index contributed by atoms with van der Waals surface area (Å²) in [5.41, 5.74) is 2.28. The summed E-state index contributed by atoms with van der Waals surface area (Å²) >= 11 is 0. The molecule has 1 amide bonds. The molecule has 0 bridgehead atoms. The second-order valence-electron chi connectivity index (χ2n) is 7.24. The van der Waals surface area contributed by atoms with Crippen molar-refractivity contribution in [3.63, 3.8) is 0 Å². The lowest BCUT2D eigenvalue weighted by molar-refractivity contribution is 0.0940. The van der Waals surface area contributed by atoms with E-state index in [2.05, 4.69) is 5.32 Å². The third-order valence-electron chi connectivity index (χ3n) is 5.04. The molecule has 0 saturated heterocycles. The molecule has 0 aliphatic rings. The van der Waals surface area contributed by atoms with Crippen molar-refractivity contribution >= 4 is 15.9 Å². The number of rotatable bonds is 8. The fraction of sp³-hybridized carbons (Fsp3) is 0.208. The fourth-order valence-corrected chi connectivity index (χ4v) is 4.31. The van der Waals surface area contributed by atoms with Crippen LogP contribution in [0.1, 0.15) is 34.5 Å². The Balaban J connectivity index is 1.63. The molecule has 0 aromatic heterocycles. The number of hydrogen-bond donors (Lipinski definition) is 1. The first-order valence-electron chi connectivity index (χ1n) is 9.86. The van der Waals surface area contributed by atoms with E-state index in [9.17, 15) is 13.2 Å². The first-order chi connectivity index (χ1) is 14.8. The average molecular weight is 439 g/mol. The largest absolute Gasteiger partial charge is 0.497 e. The van der Waals surface area contributed by atoms with Gasteiger partial charge in [-0.25, -0.2) is 8.42 Å². The van der Waals surface area contributed by atoms with Crippen LogP contribution in [0.25, 0.3) is 0 Å². The Morgan fingerprint density at radius 1 is 0.968 bits per heavy atom. The second kappa shape index (κ2) is 9.76. The molecule has 0 spiro atoms. The molecule has 0 aliphatic carbocycles. The van der Waals surface area contributed by atoms with Crippen LogP contribution in [0.4, 0.5) is 0 Å². The Labute approximate surface area is 183 Å². The predicted molar refractivity (Wildman–Crippen MR) is 120 cm³/mol. The highest BCUT2D eigenvalue weighted by molar-refractivity contribution is 7.89. The smallest absolute Gasteiger partial charge is 0.251 e. The lowest BCUT2D eigenvalue weighted by Crippen LogP contribution is -2.27. The van der Waals surface area contributed by atoms with Crippen molar-refractivity contribution in [3.05, 3.63) is 95.6 Å². The van der Waals surface area contributed by atoms with Crippen LogP contribution < -0.4 is 10.1 Å². The lowest BCUT2D eigenvalue weighted by Gasteiger charge is -2.18. The minimum atomic E-state index is -3.57. The van der Waals surface area contributed by atoms with Crippen molar-refractivity contribution in [1.29, 1.82) is 0 Å². The number of amides is 1. The molecule has 162 valence electrons. The van der Waals surface area contributed by atoms with Crippen LogP contribution in [-0.4, -0.2) is 32.8 Å². The van der Waals surface area contributed by atoms with Crippen LogP contribution in [-0.2, 0) is 16.6 Å². The zero-order valence-electron chi connectivity index (χ0n) is 17.8. The number of ether oxygens (including phenoxy) is 1. The van der Waals surface area contributed by atoms with E-state index in [0.717, 1.165) is 16.9 Å². The Bertz CT molecular complexity index is 1110. The first-order valence-corrected chi connectivity index (χ1v) is 11.3. The van der Waals surface area contributed by atoms with E-state index in [1.807, 2.05) is 31.2 Å². The number of carbonyl (C=O) groups is 1. The van der Waals surface area contributed by atoms with Crippen molar-refractivity contribution in [3.8, 4) is 5.75 Å². The normalized spacial score (nSPS) is 12.4. The fourth-order valence-electron chi connectivity index (χ4n) is 3.13. The summed E-state index contributed by atoms with van der Waals surface area (Å²) in [5, 5.41) is 2.97. The van der Waals surface area contributed by atoms with E-state index in [-0.39, 0.29) is 23.4 Å². The average Bonchev–Trinajstić information content (AvgIpc) is 2.80. The van der Waals surface area contributed by atoms with Crippen molar-refractivity contribution in [2.75, 3.05) is 14.2 Å². The van der Waals surface area contributed by atoms with E-state index in [4.69, 9.17) is 4.74 Å². The molecule has 0 unspecified atom stereocenters. The van der Waals surface area contributed by atoms with Gasteiger partial charge >= 0.3 is 0 Å². The third-order valence-corrected chi connectivity index (χ3v) is 6.85. The summed E-state index contributed by atoms with van der Waals surface area (Å²) in [6, 6.07) is 22.6. The Kier molecular flexibility index (Phi) is 7.09. The van der Waals surface area contributed by atoms with E-state index in [1.165, 1.54) is 4.31 Å². The number of methoxy groups -OCH3 is 1. The minimum absolute atomic E-state index is 0.166. The van der Waals surface area contributed by atoms with E-state index in [1.54, 1.807) is 68.8 Å². The summed E-state index contributed by atoms with van der Waals surface area (Å²) in [7, 11) is -0.419. The van der Waals surface area contributed by atoms with Gasteiger partial charge in [0.05, 0.1) is 18.0 Å². The van der Waals surface area contributed by atoms with E-state index < -0.39 is 10.0 Å². The molecular formula is C24H26N2O4S. The molecule has 0 fully saturated rings. The number of hydrogen-bond acceptors (Lipinski definition) is 4. The molecule has 0 saturated carbocycles. The second-order valence-corrected chi connectivity index (χ2v) is 9.28. The monoisotopic (exact) mass is 438 g/mol. The van der Waals surface area contributed by atoms with Crippen LogP contribution in [0, 0.1) is 0 Å². The van der Waals surface area contributed by atoms with Crippen molar-refractivity contribution < 1.29 is 17.9 Å². The molecule has 1 N–H and O–H groups in total. The van der Waals surface area contributed by atoms with Gasteiger partial charge in [0.1, 0.15) is 5.75 Å². The summed E-state index contributed by atoms with van der Waals surface area (Å²) in [6.45, 7) is 2.12. The topological polar surface area (TPSA) is 75.7 Å². The SMILES string of the molecule is COc1ccc([C@@H](C)NC(=O)c2ccc(CN(C)S(=O)(=O)c3ccccc3)cc2)cc1. The maximum Gasteiger partial charge on any atom is 0.251 e. The molecule has 7 heteroatoms. The van der Waals surface area contributed by atoms with Crippen molar-refractivity contribution in [2.24, 2.45) is 0 Å². The van der Waals surface area contributed by atoms with Crippen LogP contribution >= 0.6 is 0 Å². The van der Waals surface area contributed by atoms with Gasteiger partial charge in [-0.3, -0.25) is 4.79 Å². The molecule has 0 heterocycles. The first kappa shape index (κ1) is 22.5. The highest BCUT2D eigenvalue weighted by Gasteiger charge is 2.20. The standard InChI is InChI=1S/C24H26N2O4S/c1-18(20-13-15-22(30-3)16-14-20)25-24(27)21-11-9-19(10-12-21)17-26(2)31(28,29)23-7-5-4-6-8-23/h4-16,18H,17H2,1-3H3,(H,25,27)/t18-/m1/s1. The van der Waals surface area contributed by atoms with Gasteiger partial charge in [0.15, 0.2) is 0 Å². The van der Waals surface area contributed by atoms with Gasteiger partial charge in [-0.1, -0.05) is 42.5 Å². The van der Waals surface area contributed by atoms with Crippen molar-refractivity contribution in [1.82, 2.24) is 9.62 Å². The van der Waals surface area contributed by atoms with Crippen LogP contribution in [0.3, 0.4) is 0 Å². The van der Waals surface area contributed by atoms with Gasteiger partial charge in [-0.15, -0.1) is 0 Å². The lowest BCUT2D eigenvalue weighted by atomic mass is 10.1. The number of carbonyl (C=O) groups excluding carboxylic acids is 1. The number of benzene rings is 3. The molecule has 3 rings (SSSR count). The molecule has 31 heavy (non-hydrogen) atoms.